The van der Waals surface area contributed by atoms with Gasteiger partial charge in [-0.1, -0.05) is 20.8 Å². The summed E-state index contributed by atoms with van der Waals surface area (Å²) in [5.41, 5.74) is -0.325. The van der Waals surface area contributed by atoms with Crippen LogP contribution in [0.25, 0.3) is 0 Å². The van der Waals surface area contributed by atoms with E-state index >= 15 is 0 Å². The summed E-state index contributed by atoms with van der Waals surface area (Å²) in [6.45, 7) is 5.37. The minimum Gasteiger partial charge on any atom is -0.396 e. The second-order valence-corrected chi connectivity index (χ2v) is 5.15. The monoisotopic (exact) mass is 220 g/mol. The normalized spacial score (nSPS) is 43.0. The van der Waals surface area contributed by atoms with Gasteiger partial charge < -0.3 is 25.2 Å². The van der Waals surface area contributed by atoms with E-state index in [9.17, 15) is 20.4 Å². The molecular formula is C10H20O5. The Kier molecular flexibility index (Phi) is 3.73. The summed E-state index contributed by atoms with van der Waals surface area (Å²) >= 11 is 0. The molecule has 0 bridgehead atoms. The van der Waals surface area contributed by atoms with Gasteiger partial charge in [0, 0.05) is 18.4 Å². The van der Waals surface area contributed by atoms with Crippen molar-refractivity contribution in [1.82, 2.24) is 0 Å². The van der Waals surface area contributed by atoms with Crippen LogP contribution in [0.1, 0.15) is 20.8 Å². The lowest BCUT2D eigenvalue weighted by Gasteiger charge is -2.46. The molecule has 15 heavy (non-hydrogen) atoms. The lowest BCUT2D eigenvalue weighted by molar-refractivity contribution is -0.323. The van der Waals surface area contributed by atoms with E-state index in [0.717, 1.165) is 0 Å². The molecule has 0 aromatic rings. The molecule has 0 aromatic heterocycles. The Morgan fingerprint density at radius 1 is 1.07 bits per heavy atom. The maximum absolute atomic E-state index is 9.69. The topological polar surface area (TPSA) is 90.2 Å². The van der Waals surface area contributed by atoms with E-state index in [1.165, 1.54) is 0 Å². The van der Waals surface area contributed by atoms with Gasteiger partial charge in [-0.2, -0.15) is 0 Å². The van der Waals surface area contributed by atoms with Crippen LogP contribution in [0.2, 0.25) is 0 Å². The van der Waals surface area contributed by atoms with Crippen molar-refractivity contribution in [2.45, 2.75) is 39.5 Å². The van der Waals surface area contributed by atoms with Crippen molar-refractivity contribution in [2.75, 3.05) is 6.61 Å². The second-order valence-electron chi connectivity index (χ2n) is 5.15. The fraction of sp³-hybridized carbons (Fsp3) is 1.00. The molecule has 1 heterocycles. The summed E-state index contributed by atoms with van der Waals surface area (Å²) in [5.74, 6) is -0.996. The summed E-state index contributed by atoms with van der Waals surface area (Å²) in [5, 5.41) is 37.8. The number of rotatable bonds is 1. The zero-order valence-corrected chi connectivity index (χ0v) is 9.29. The van der Waals surface area contributed by atoms with Gasteiger partial charge in [-0.05, 0) is 5.41 Å². The Morgan fingerprint density at radius 2 is 1.60 bits per heavy atom. The zero-order valence-electron chi connectivity index (χ0n) is 9.29. The van der Waals surface area contributed by atoms with Crippen LogP contribution in [0.3, 0.4) is 0 Å². The first-order valence-electron chi connectivity index (χ1n) is 5.09. The van der Waals surface area contributed by atoms with E-state index in [1.807, 2.05) is 20.8 Å². The standard InChI is InChI=1S/C10H20O5/c1-10(2,3)6-5(4-11)7(12)9(14)15-8(6)13/h5-9,11-14H,4H2,1-3H3. The molecule has 0 spiro atoms. The number of ether oxygens (including phenoxy) is 1. The molecule has 1 saturated heterocycles. The minimum absolute atomic E-state index is 0.291. The van der Waals surface area contributed by atoms with Crippen molar-refractivity contribution in [3.05, 3.63) is 0 Å². The van der Waals surface area contributed by atoms with Crippen LogP contribution in [-0.2, 0) is 4.74 Å². The average Bonchev–Trinajstić information content (AvgIpc) is 2.08. The van der Waals surface area contributed by atoms with Crippen LogP contribution < -0.4 is 0 Å². The zero-order chi connectivity index (χ0) is 11.8. The number of hydrogen-bond donors (Lipinski definition) is 4. The lowest BCUT2D eigenvalue weighted by Crippen LogP contribution is -2.56. The quantitative estimate of drug-likeness (QED) is 0.468. The van der Waals surface area contributed by atoms with Crippen molar-refractivity contribution in [3.63, 3.8) is 0 Å². The summed E-state index contributed by atoms with van der Waals surface area (Å²) in [6.07, 6.45) is -3.76. The summed E-state index contributed by atoms with van der Waals surface area (Å²) < 4.78 is 4.82. The summed E-state index contributed by atoms with van der Waals surface area (Å²) in [4.78, 5) is 0. The molecule has 90 valence electrons. The van der Waals surface area contributed by atoms with Gasteiger partial charge in [-0.15, -0.1) is 0 Å². The van der Waals surface area contributed by atoms with Crippen molar-refractivity contribution in [1.29, 1.82) is 0 Å². The molecule has 5 heteroatoms. The highest BCUT2D eigenvalue weighted by molar-refractivity contribution is 4.90. The van der Waals surface area contributed by atoms with Gasteiger partial charge >= 0.3 is 0 Å². The molecule has 0 saturated carbocycles. The molecule has 5 atom stereocenters. The molecule has 0 aliphatic carbocycles. The maximum atomic E-state index is 9.69. The van der Waals surface area contributed by atoms with Gasteiger partial charge in [0.15, 0.2) is 12.6 Å². The SMILES string of the molecule is CC(C)(C)C1C(O)OC(O)C(O)C1CO. The third kappa shape index (κ3) is 2.49. The van der Waals surface area contributed by atoms with Gasteiger partial charge in [0.2, 0.25) is 0 Å². The molecular weight excluding hydrogens is 200 g/mol. The number of hydrogen-bond acceptors (Lipinski definition) is 5. The Hall–Kier alpha value is -0.200. The first-order valence-corrected chi connectivity index (χ1v) is 5.09. The van der Waals surface area contributed by atoms with Gasteiger partial charge in [0.25, 0.3) is 0 Å². The van der Waals surface area contributed by atoms with Gasteiger partial charge in [0.1, 0.15) is 6.10 Å². The number of aliphatic hydroxyl groups is 4. The molecule has 1 rings (SSSR count). The molecule has 1 aliphatic heterocycles. The molecule has 4 N–H and O–H groups in total. The molecule has 0 radical (unpaired) electrons. The first kappa shape index (κ1) is 12.9. The van der Waals surface area contributed by atoms with E-state index in [-0.39, 0.29) is 12.0 Å². The maximum Gasteiger partial charge on any atom is 0.184 e. The third-order valence-electron chi connectivity index (χ3n) is 2.99. The van der Waals surface area contributed by atoms with Crippen LogP contribution in [-0.4, -0.2) is 45.7 Å². The first-order chi connectivity index (χ1) is 6.79. The van der Waals surface area contributed by atoms with Crippen molar-refractivity contribution in [2.24, 2.45) is 17.3 Å². The van der Waals surface area contributed by atoms with Crippen LogP contribution in [0.15, 0.2) is 0 Å². The highest BCUT2D eigenvalue weighted by atomic mass is 16.7. The molecule has 1 fully saturated rings. The minimum atomic E-state index is -1.43. The van der Waals surface area contributed by atoms with Crippen LogP contribution in [0.5, 0.6) is 0 Å². The highest BCUT2D eigenvalue weighted by Gasteiger charge is 2.48. The molecule has 5 unspecified atom stereocenters. The molecule has 0 amide bonds. The average molecular weight is 220 g/mol. The third-order valence-corrected chi connectivity index (χ3v) is 2.99. The number of aliphatic hydroxyl groups excluding tert-OH is 4. The van der Waals surface area contributed by atoms with E-state index in [4.69, 9.17) is 4.74 Å². The fourth-order valence-electron chi connectivity index (χ4n) is 2.23. The largest absolute Gasteiger partial charge is 0.396 e. The lowest BCUT2D eigenvalue weighted by atomic mass is 9.69. The predicted octanol–water partition coefficient (Wildman–Crippen LogP) is -0.715. The van der Waals surface area contributed by atoms with Gasteiger partial charge in [0.05, 0.1) is 0 Å². The molecule has 1 aliphatic rings. The highest BCUT2D eigenvalue weighted by Crippen LogP contribution is 2.40. The second kappa shape index (κ2) is 4.35. The van der Waals surface area contributed by atoms with E-state index in [1.54, 1.807) is 0 Å². The fourth-order valence-corrected chi connectivity index (χ4v) is 2.23. The van der Waals surface area contributed by atoms with Gasteiger partial charge in [-0.3, -0.25) is 0 Å². The Morgan fingerprint density at radius 3 is 2.00 bits per heavy atom. The molecule has 5 nitrogen and oxygen atoms in total. The van der Waals surface area contributed by atoms with Crippen molar-refractivity contribution in [3.8, 4) is 0 Å². The summed E-state index contributed by atoms with van der Waals surface area (Å²) in [6, 6.07) is 0. The van der Waals surface area contributed by atoms with Crippen molar-refractivity contribution < 1.29 is 25.2 Å². The van der Waals surface area contributed by atoms with E-state index < -0.39 is 30.5 Å². The van der Waals surface area contributed by atoms with E-state index in [0.29, 0.717) is 0 Å². The van der Waals surface area contributed by atoms with E-state index in [2.05, 4.69) is 0 Å². The smallest absolute Gasteiger partial charge is 0.184 e. The van der Waals surface area contributed by atoms with Crippen molar-refractivity contribution >= 4 is 0 Å². The van der Waals surface area contributed by atoms with Crippen LogP contribution in [0.4, 0.5) is 0 Å². The van der Waals surface area contributed by atoms with Gasteiger partial charge in [-0.25, -0.2) is 0 Å². The predicted molar refractivity (Wildman–Crippen MR) is 52.6 cm³/mol. The van der Waals surface area contributed by atoms with Crippen LogP contribution >= 0.6 is 0 Å². The van der Waals surface area contributed by atoms with Crippen LogP contribution in [0, 0.1) is 17.3 Å². The Balaban J connectivity index is 2.92. The summed E-state index contributed by atoms with van der Waals surface area (Å²) in [7, 11) is 0. The Labute approximate surface area is 89.3 Å². The Bertz CT molecular complexity index is 212. The molecule has 0 aromatic carbocycles.